The highest BCUT2D eigenvalue weighted by Crippen LogP contribution is 2.25. The van der Waals surface area contributed by atoms with Gasteiger partial charge in [-0.25, -0.2) is 4.90 Å². The molecular formula is C18H19N3O3. The third-order valence-electron chi connectivity index (χ3n) is 3.98. The second-order valence-corrected chi connectivity index (χ2v) is 5.55. The Bertz CT molecular complexity index is 716. The number of methoxy groups -OCH3 is 1. The lowest BCUT2D eigenvalue weighted by molar-refractivity contribution is -0.121. The molecule has 0 saturated carbocycles. The van der Waals surface area contributed by atoms with Crippen molar-refractivity contribution >= 4 is 17.5 Å². The summed E-state index contributed by atoms with van der Waals surface area (Å²) in [7, 11) is 1.57. The quantitative estimate of drug-likeness (QED) is 0.816. The van der Waals surface area contributed by atoms with Gasteiger partial charge in [0.1, 0.15) is 5.75 Å². The summed E-state index contributed by atoms with van der Waals surface area (Å²) < 4.78 is 5.10. The number of pyridine rings is 1. The zero-order valence-corrected chi connectivity index (χ0v) is 13.4. The predicted octanol–water partition coefficient (Wildman–Crippen LogP) is 1.55. The molecule has 2 heterocycles. The van der Waals surface area contributed by atoms with Crippen molar-refractivity contribution in [3.63, 3.8) is 0 Å². The summed E-state index contributed by atoms with van der Waals surface area (Å²) in [5.74, 6) is 0.273. The summed E-state index contributed by atoms with van der Waals surface area (Å²) in [6, 6.07) is 12.1. The molecule has 124 valence electrons. The molecule has 1 unspecified atom stereocenters. The molecule has 0 radical (unpaired) electrons. The second-order valence-electron chi connectivity index (χ2n) is 5.55. The fourth-order valence-electron chi connectivity index (χ4n) is 2.71. The number of rotatable bonds is 6. The molecule has 2 amide bonds. The van der Waals surface area contributed by atoms with Gasteiger partial charge < -0.3 is 10.1 Å². The van der Waals surface area contributed by atoms with Crippen molar-refractivity contribution in [3.8, 4) is 5.75 Å². The maximum atomic E-state index is 12.5. The summed E-state index contributed by atoms with van der Waals surface area (Å²) in [6.45, 7) is 0.594. The Morgan fingerprint density at radius 1 is 1.21 bits per heavy atom. The van der Waals surface area contributed by atoms with Gasteiger partial charge in [0.2, 0.25) is 5.91 Å². The van der Waals surface area contributed by atoms with E-state index in [0.717, 1.165) is 5.69 Å². The summed E-state index contributed by atoms with van der Waals surface area (Å²) >= 11 is 0. The Labute approximate surface area is 140 Å². The van der Waals surface area contributed by atoms with Crippen LogP contribution in [0.4, 0.5) is 5.69 Å². The van der Waals surface area contributed by atoms with Gasteiger partial charge in [0.15, 0.2) is 0 Å². The van der Waals surface area contributed by atoms with E-state index < -0.39 is 6.04 Å². The molecular weight excluding hydrogens is 306 g/mol. The molecule has 6 heteroatoms. The number of carbonyl (C=O) groups is 2. The zero-order chi connectivity index (χ0) is 16.9. The van der Waals surface area contributed by atoms with Crippen LogP contribution in [0.5, 0.6) is 5.75 Å². The molecule has 0 spiro atoms. The molecule has 6 nitrogen and oxygen atoms in total. The number of nitrogens with zero attached hydrogens (tertiary/aromatic N) is 2. The lowest BCUT2D eigenvalue weighted by Crippen LogP contribution is -2.39. The molecule has 1 aromatic carbocycles. The van der Waals surface area contributed by atoms with E-state index >= 15 is 0 Å². The van der Waals surface area contributed by atoms with Crippen molar-refractivity contribution in [1.29, 1.82) is 0 Å². The van der Waals surface area contributed by atoms with Gasteiger partial charge in [0, 0.05) is 24.9 Å². The number of hydrogen-bond acceptors (Lipinski definition) is 5. The Hall–Kier alpha value is -2.73. The van der Waals surface area contributed by atoms with Gasteiger partial charge in [-0.05, 0) is 36.4 Å². The molecule has 1 aliphatic rings. The Morgan fingerprint density at radius 2 is 2.00 bits per heavy atom. The van der Waals surface area contributed by atoms with Crippen molar-refractivity contribution in [1.82, 2.24) is 10.3 Å². The zero-order valence-electron chi connectivity index (χ0n) is 13.4. The fraction of sp³-hybridized carbons (Fsp3) is 0.278. The van der Waals surface area contributed by atoms with E-state index in [1.807, 2.05) is 18.2 Å². The van der Waals surface area contributed by atoms with Gasteiger partial charge in [-0.2, -0.15) is 0 Å². The molecule has 1 saturated heterocycles. The van der Waals surface area contributed by atoms with Crippen molar-refractivity contribution in [2.75, 3.05) is 18.6 Å². The maximum absolute atomic E-state index is 12.5. The first-order valence-corrected chi connectivity index (χ1v) is 7.83. The fourth-order valence-corrected chi connectivity index (χ4v) is 2.71. The Morgan fingerprint density at radius 3 is 2.67 bits per heavy atom. The molecule has 1 fully saturated rings. The number of benzene rings is 1. The van der Waals surface area contributed by atoms with Crippen LogP contribution in [0.2, 0.25) is 0 Å². The van der Waals surface area contributed by atoms with E-state index in [-0.39, 0.29) is 18.2 Å². The molecule has 2 aromatic rings. The van der Waals surface area contributed by atoms with Crippen molar-refractivity contribution in [3.05, 3.63) is 54.4 Å². The lowest BCUT2D eigenvalue weighted by atomic mass is 10.2. The number of amides is 2. The van der Waals surface area contributed by atoms with Crippen LogP contribution >= 0.6 is 0 Å². The van der Waals surface area contributed by atoms with E-state index in [9.17, 15) is 9.59 Å². The van der Waals surface area contributed by atoms with Crippen molar-refractivity contribution < 1.29 is 14.3 Å². The van der Waals surface area contributed by atoms with Gasteiger partial charge in [-0.3, -0.25) is 14.6 Å². The molecule has 0 bridgehead atoms. The van der Waals surface area contributed by atoms with Gasteiger partial charge in [-0.15, -0.1) is 0 Å². The van der Waals surface area contributed by atoms with E-state index in [4.69, 9.17) is 4.74 Å². The predicted molar refractivity (Wildman–Crippen MR) is 89.8 cm³/mol. The molecule has 1 atom stereocenters. The first-order chi connectivity index (χ1) is 11.7. The maximum Gasteiger partial charge on any atom is 0.251 e. The number of carbonyl (C=O) groups excluding carboxylic acids is 2. The normalized spacial score (nSPS) is 17.4. The SMILES string of the molecule is COc1ccc(N2C(=O)CC(NCCc3ccccn3)C2=O)cc1. The standard InChI is InChI=1S/C18H19N3O3/c1-24-15-7-5-14(6-8-15)21-17(22)12-16(18(21)23)20-11-9-13-4-2-3-10-19-13/h2-8,10,16,20H,9,11-12H2,1H3. The van der Waals surface area contributed by atoms with Crippen LogP contribution in [-0.2, 0) is 16.0 Å². The smallest absolute Gasteiger partial charge is 0.251 e. The molecule has 3 rings (SSSR count). The molecule has 24 heavy (non-hydrogen) atoms. The summed E-state index contributed by atoms with van der Waals surface area (Å²) in [5.41, 5.74) is 1.52. The number of ether oxygens (including phenoxy) is 1. The minimum absolute atomic E-state index is 0.174. The van der Waals surface area contributed by atoms with E-state index in [1.54, 1.807) is 37.6 Å². The minimum atomic E-state index is -0.483. The van der Waals surface area contributed by atoms with Crippen LogP contribution in [0.25, 0.3) is 0 Å². The number of aromatic nitrogens is 1. The van der Waals surface area contributed by atoms with Crippen molar-refractivity contribution in [2.45, 2.75) is 18.9 Å². The number of anilines is 1. The van der Waals surface area contributed by atoms with Crippen LogP contribution in [0.1, 0.15) is 12.1 Å². The highest BCUT2D eigenvalue weighted by molar-refractivity contribution is 6.22. The van der Waals surface area contributed by atoms with Gasteiger partial charge in [-0.1, -0.05) is 6.07 Å². The topological polar surface area (TPSA) is 71.5 Å². The van der Waals surface area contributed by atoms with Crippen LogP contribution in [-0.4, -0.2) is 36.5 Å². The Balaban J connectivity index is 1.61. The Kier molecular flexibility index (Phi) is 4.86. The summed E-state index contributed by atoms with van der Waals surface area (Å²) in [6.07, 6.45) is 2.62. The van der Waals surface area contributed by atoms with Crippen molar-refractivity contribution in [2.24, 2.45) is 0 Å². The number of imide groups is 1. The second kappa shape index (κ2) is 7.23. The number of nitrogens with one attached hydrogen (secondary N) is 1. The van der Waals surface area contributed by atoms with Crippen LogP contribution in [0, 0.1) is 0 Å². The monoisotopic (exact) mass is 325 g/mol. The van der Waals surface area contributed by atoms with E-state index in [1.165, 1.54) is 4.90 Å². The summed E-state index contributed by atoms with van der Waals surface area (Å²) in [5, 5.41) is 3.16. The van der Waals surface area contributed by atoms with E-state index in [0.29, 0.717) is 24.4 Å². The van der Waals surface area contributed by atoms with Crippen LogP contribution in [0.15, 0.2) is 48.7 Å². The largest absolute Gasteiger partial charge is 0.497 e. The number of hydrogen-bond donors (Lipinski definition) is 1. The lowest BCUT2D eigenvalue weighted by Gasteiger charge is -2.16. The highest BCUT2D eigenvalue weighted by Gasteiger charge is 2.39. The molecule has 1 N–H and O–H groups in total. The first-order valence-electron chi connectivity index (χ1n) is 7.83. The van der Waals surface area contributed by atoms with Crippen LogP contribution < -0.4 is 15.0 Å². The van der Waals surface area contributed by atoms with Gasteiger partial charge in [0.25, 0.3) is 5.91 Å². The average Bonchev–Trinajstić information content (AvgIpc) is 2.90. The molecule has 0 aliphatic carbocycles. The average molecular weight is 325 g/mol. The molecule has 1 aliphatic heterocycles. The van der Waals surface area contributed by atoms with Gasteiger partial charge in [0.05, 0.1) is 25.3 Å². The van der Waals surface area contributed by atoms with Gasteiger partial charge >= 0.3 is 0 Å². The van der Waals surface area contributed by atoms with Crippen LogP contribution in [0.3, 0.4) is 0 Å². The molecule has 1 aromatic heterocycles. The first kappa shape index (κ1) is 16.1. The third-order valence-corrected chi connectivity index (χ3v) is 3.98. The third kappa shape index (κ3) is 3.44. The highest BCUT2D eigenvalue weighted by atomic mass is 16.5. The minimum Gasteiger partial charge on any atom is -0.497 e. The summed E-state index contributed by atoms with van der Waals surface area (Å²) in [4.78, 5) is 30.2. The van der Waals surface area contributed by atoms with E-state index in [2.05, 4.69) is 10.3 Å².